The van der Waals surface area contributed by atoms with Crippen molar-refractivity contribution in [3.05, 3.63) is 52.3 Å². The number of hydrogen-bond donors (Lipinski definition) is 3. The first kappa shape index (κ1) is 19.7. The lowest BCUT2D eigenvalue weighted by Gasteiger charge is -2.40. The first-order valence-corrected chi connectivity index (χ1v) is 10.6. The van der Waals surface area contributed by atoms with Crippen molar-refractivity contribution >= 4 is 38.8 Å². The molecule has 1 aliphatic rings. The van der Waals surface area contributed by atoms with Crippen LogP contribution in [0.1, 0.15) is 23.0 Å². The Labute approximate surface area is 159 Å². The van der Waals surface area contributed by atoms with E-state index in [0.717, 1.165) is 12.1 Å². The fourth-order valence-corrected chi connectivity index (χ4v) is 5.36. The van der Waals surface area contributed by atoms with E-state index in [0.29, 0.717) is 0 Å². The molecule has 0 spiro atoms. The van der Waals surface area contributed by atoms with Gasteiger partial charge in [0.2, 0.25) is 0 Å². The molecule has 1 amide bonds. The second-order valence-electron chi connectivity index (χ2n) is 6.59. The van der Waals surface area contributed by atoms with Gasteiger partial charge in [-0.25, -0.2) is 13.5 Å². The molecule has 0 saturated heterocycles. The van der Waals surface area contributed by atoms with Gasteiger partial charge in [-0.05, 0) is 19.1 Å². The summed E-state index contributed by atoms with van der Waals surface area (Å²) in [7, 11) is -2.89. The molecular weight excluding hydrogens is 400 g/mol. The molecule has 10 heteroatoms. The minimum absolute atomic E-state index is 0.0479. The van der Waals surface area contributed by atoms with Crippen LogP contribution in [0.15, 0.2) is 29.3 Å². The Morgan fingerprint density at radius 3 is 2.74 bits per heavy atom. The van der Waals surface area contributed by atoms with Gasteiger partial charge in [-0.2, -0.15) is 4.21 Å². The standard InChI is InChI=1S/C17H18ClF2N3O3S/c1-9-4-5-10-13(27(3,25,26)22-9)8-23(2)16(10)17(24)21-12-7-6-11(19)14(18)15(12)20/h4-9H,1-3H3,(H,21,24)(H2,22,25,26)/t9-/m0/s1. The number of nitrogens with one attached hydrogen (secondary N) is 2. The summed E-state index contributed by atoms with van der Waals surface area (Å²) < 4.78 is 55.2. The van der Waals surface area contributed by atoms with Crippen LogP contribution < -0.4 is 10.0 Å². The highest BCUT2D eigenvalue weighted by Crippen LogP contribution is 2.36. The number of amides is 1. The van der Waals surface area contributed by atoms with E-state index in [1.165, 1.54) is 24.1 Å². The number of hydrogen-bond acceptors (Lipinski definition) is 2. The molecule has 3 N–H and O–H groups in total. The van der Waals surface area contributed by atoms with Crippen LogP contribution >= 0.6 is 11.6 Å². The fourth-order valence-electron chi connectivity index (χ4n) is 3.03. The first-order chi connectivity index (χ1) is 12.4. The Kier molecular flexibility index (Phi) is 4.54. The topological polar surface area (TPSA) is 83.4 Å². The normalized spacial score (nSPS) is 21.6. The van der Waals surface area contributed by atoms with Gasteiger partial charge >= 0.3 is 0 Å². The Hall–Kier alpha value is -2.07. The van der Waals surface area contributed by atoms with Crippen LogP contribution in [0.25, 0.3) is 6.08 Å². The van der Waals surface area contributed by atoms with E-state index < -0.39 is 38.1 Å². The smallest absolute Gasteiger partial charge is 0.273 e. The monoisotopic (exact) mass is 417 g/mol. The van der Waals surface area contributed by atoms with Gasteiger partial charge in [0, 0.05) is 31.1 Å². The quantitative estimate of drug-likeness (QED) is 0.655. The number of aryl methyl sites for hydroxylation is 1. The number of aromatic nitrogens is 1. The number of anilines is 1. The van der Waals surface area contributed by atoms with Crippen molar-refractivity contribution in [2.45, 2.75) is 17.9 Å². The summed E-state index contributed by atoms with van der Waals surface area (Å²) in [5, 5.41) is 1.60. The van der Waals surface area contributed by atoms with Crippen LogP contribution in [-0.4, -0.2) is 31.5 Å². The van der Waals surface area contributed by atoms with Crippen LogP contribution in [0.2, 0.25) is 5.02 Å². The number of halogens is 3. The average Bonchev–Trinajstić information content (AvgIpc) is 2.86. The van der Waals surface area contributed by atoms with Gasteiger partial charge < -0.3 is 9.88 Å². The lowest BCUT2D eigenvalue weighted by atomic mass is 10.2. The highest BCUT2D eigenvalue weighted by atomic mass is 35.5. The minimum Gasteiger partial charge on any atom is -0.344 e. The van der Waals surface area contributed by atoms with Gasteiger partial charge in [0.25, 0.3) is 5.91 Å². The molecule has 146 valence electrons. The lowest BCUT2D eigenvalue weighted by Crippen LogP contribution is -2.49. The summed E-state index contributed by atoms with van der Waals surface area (Å²) in [6, 6.07) is 1.57. The van der Waals surface area contributed by atoms with Crippen LogP contribution in [0, 0.1) is 11.6 Å². The molecule has 0 unspecified atom stereocenters. The van der Waals surface area contributed by atoms with Crippen LogP contribution in [0.5, 0.6) is 0 Å². The van der Waals surface area contributed by atoms with E-state index >= 15 is 0 Å². The molecule has 2 heterocycles. The van der Waals surface area contributed by atoms with E-state index in [1.807, 2.05) is 0 Å². The van der Waals surface area contributed by atoms with Gasteiger partial charge in [-0.3, -0.25) is 9.35 Å². The average molecular weight is 418 g/mol. The summed E-state index contributed by atoms with van der Waals surface area (Å²) in [4.78, 5) is 12.8. The van der Waals surface area contributed by atoms with Crippen molar-refractivity contribution in [1.29, 1.82) is 0 Å². The molecule has 0 saturated carbocycles. The lowest BCUT2D eigenvalue weighted by molar-refractivity contribution is 0.101. The number of nitrogens with zero attached hydrogens (tertiary/aromatic N) is 1. The molecule has 2 aromatic rings. The van der Waals surface area contributed by atoms with Crippen LogP contribution in [0.4, 0.5) is 14.5 Å². The summed E-state index contributed by atoms with van der Waals surface area (Å²) in [6.45, 7) is 1.70. The maximum absolute atomic E-state index is 14.1. The van der Waals surface area contributed by atoms with E-state index in [9.17, 15) is 22.3 Å². The molecule has 1 aliphatic heterocycles. The van der Waals surface area contributed by atoms with Crippen molar-refractivity contribution in [1.82, 2.24) is 9.29 Å². The van der Waals surface area contributed by atoms with E-state index in [1.54, 1.807) is 19.1 Å². The fraction of sp³-hybridized carbons (Fsp3) is 0.235. The Bertz CT molecular complexity index is 1060. The Morgan fingerprint density at radius 2 is 2.07 bits per heavy atom. The minimum atomic E-state index is -4.41. The van der Waals surface area contributed by atoms with Crippen molar-refractivity contribution < 1.29 is 22.3 Å². The highest BCUT2D eigenvalue weighted by molar-refractivity contribution is 8.13. The van der Waals surface area contributed by atoms with E-state index in [-0.39, 0.29) is 21.8 Å². The third-order valence-corrected chi connectivity index (χ3v) is 6.85. The molecule has 1 aromatic heterocycles. The van der Waals surface area contributed by atoms with Gasteiger partial charge in [-0.15, -0.1) is 9.53 Å². The largest absolute Gasteiger partial charge is 0.344 e. The first-order valence-electron chi connectivity index (χ1n) is 7.89. The zero-order valence-corrected chi connectivity index (χ0v) is 16.3. The molecule has 6 nitrogen and oxygen atoms in total. The third-order valence-electron chi connectivity index (χ3n) is 4.22. The molecule has 0 radical (unpaired) electrons. The van der Waals surface area contributed by atoms with Crippen molar-refractivity contribution in [3.63, 3.8) is 0 Å². The van der Waals surface area contributed by atoms with E-state index in [2.05, 4.69) is 10.0 Å². The third kappa shape index (κ3) is 3.43. The van der Waals surface area contributed by atoms with Crippen LogP contribution in [0.3, 0.4) is 0 Å². The zero-order chi connectivity index (χ0) is 20.2. The molecule has 0 fully saturated rings. The number of rotatable bonds is 2. The van der Waals surface area contributed by atoms with Crippen molar-refractivity contribution in [2.75, 3.05) is 11.6 Å². The number of benzene rings is 1. The molecule has 1 atom stereocenters. The Morgan fingerprint density at radius 1 is 1.41 bits per heavy atom. The van der Waals surface area contributed by atoms with Crippen LogP contribution in [-0.2, 0) is 16.6 Å². The summed E-state index contributed by atoms with van der Waals surface area (Å²) in [6.07, 6.45) is 5.75. The number of carbonyl (C=O) groups excluding carboxylic acids is 1. The molecule has 1 aromatic carbocycles. The molecule has 27 heavy (non-hydrogen) atoms. The van der Waals surface area contributed by atoms with Gasteiger partial charge in [0.1, 0.15) is 16.5 Å². The SMILES string of the molecule is C[C@H]1C=Cc2c(cn(C)c2C(=O)Nc2ccc(F)c(Cl)c2F)S(C)(=O)(O)N1. The van der Waals surface area contributed by atoms with Gasteiger partial charge in [0.05, 0.1) is 10.6 Å². The second kappa shape index (κ2) is 6.23. The predicted molar refractivity (Wildman–Crippen MR) is 101 cm³/mol. The predicted octanol–water partition coefficient (Wildman–Crippen LogP) is 3.41. The number of carbonyl (C=O) groups is 1. The van der Waals surface area contributed by atoms with Crippen molar-refractivity contribution in [3.8, 4) is 0 Å². The summed E-state index contributed by atoms with van der Waals surface area (Å²) in [5.41, 5.74) is -0.0159. The maximum atomic E-state index is 14.1. The zero-order valence-electron chi connectivity index (χ0n) is 14.7. The summed E-state index contributed by atoms with van der Waals surface area (Å²) in [5.74, 6) is -2.78. The second-order valence-corrected chi connectivity index (χ2v) is 10.2. The van der Waals surface area contributed by atoms with E-state index in [4.69, 9.17) is 11.6 Å². The number of fused-ring (bicyclic) bond motifs is 1. The Balaban J connectivity index is 2.09. The molecule has 0 bridgehead atoms. The molecule has 3 rings (SSSR count). The summed E-state index contributed by atoms with van der Waals surface area (Å²) >= 11 is 5.54. The van der Waals surface area contributed by atoms with Gasteiger partial charge in [-0.1, -0.05) is 23.8 Å². The van der Waals surface area contributed by atoms with Crippen molar-refractivity contribution in [2.24, 2.45) is 7.05 Å². The maximum Gasteiger partial charge on any atom is 0.273 e. The highest BCUT2D eigenvalue weighted by Gasteiger charge is 2.34. The molecule has 0 aliphatic carbocycles. The molecular formula is C17H18ClF2N3O3S. The van der Waals surface area contributed by atoms with Gasteiger partial charge in [0.15, 0.2) is 5.82 Å².